The predicted molar refractivity (Wildman–Crippen MR) is 141 cm³/mol. The van der Waals surface area contributed by atoms with Crippen LogP contribution < -0.4 is 5.32 Å². The van der Waals surface area contributed by atoms with Crippen LogP contribution >= 0.6 is 0 Å². The van der Waals surface area contributed by atoms with Gasteiger partial charge in [-0.05, 0) is 58.7 Å². The summed E-state index contributed by atoms with van der Waals surface area (Å²) in [4.78, 5) is 21.6. The zero-order valence-corrected chi connectivity index (χ0v) is 19.8. The van der Waals surface area contributed by atoms with E-state index in [0.29, 0.717) is 5.56 Å². The molecule has 2 heterocycles. The summed E-state index contributed by atoms with van der Waals surface area (Å²) in [5, 5.41) is 2.93. The number of nitrogens with zero attached hydrogens (tertiary/aromatic N) is 3. The molecular weight excluding hydrogens is 432 g/mol. The minimum absolute atomic E-state index is 0.0982. The van der Waals surface area contributed by atoms with Crippen LogP contribution in [-0.2, 0) is 13.1 Å². The van der Waals surface area contributed by atoms with Crippen LogP contribution in [0.15, 0.2) is 103 Å². The molecule has 35 heavy (non-hydrogen) atoms. The second-order valence-corrected chi connectivity index (χ2v) is 9.00. The van der Waals surface area contributed by atoms with Crippen LogP contribution in [-0.4, -0.2) is 46.9 Å². The third kappa shape index (κ3) is 6.21. The zero-order chi connectivity index (χ0) is 23.9. The SMILES string of the molecule is O=C(Nc1ccccc1)c1ccc(-c2ccc(CN3CCN(Cc4ccncc4)CC3)cc2)cc1. The molecule has 0 spiro atoms. The van der Waals surface area contributed by atoms with Gasteiger partial charge in [0.1, 0.15) is 0 Å². The molecule has 4 aromatic rings. The number of anilines is 1. The first-order chi connectivity index (χ1) is 17.2. The van der Waals surface area contributed by atoms with Gasteiger partial charge in [-0.2, -0.15) is 0 Å². The Bertz CT molecular complexity index is 1220. The maximum Gasteiger partial charge on any atom is 0.255 e. The molecule has 3 aromatic carbocycles. The molecule has 0 saturated carbocycles. The van der Waals surface area contributed by atoms with E-state index in [4.69, 9.17) is 0 Å². The highest BCUT2D eigenvalue weighted by Gasteiger charge is 2.17. The molecule has 1 fully saturated rings. The number of amides is 1. The summed E-state index contributed by atoms with van der Waals surface area (Å²) in [6.07, 6.45) is 3.73. The van der Waals surface area contributed by atoms with Crippen molar-refractivity contribution in [2.75, 3.05) is 31.5 Å². The Labute approximate surface area is 207 Å². The lowest BCUT2D eigenvalue weighted by atomic mass is 10.0. The highest BCUT2D eigenvalue weighted by Crippen LogP contribution is 2.22. The number of carbonyl (C=O) groups is 1. The molecule has 5 heteroatoms. The number of aromatic nitrogens is 1. The molecule has 5 nitrogen and oxygen atoms in total. The van der Waals surface area contributed by atoms with E-state index in [1.165, 1.54) is 11.1 Å². The number of nitrogens with one attached hydrogen (secondary N) is 1. The van der Waals surface area contributed by atoms with Gasteiger partial charge in [0.25, 0.3) is 5.91 Å². The van der Waals surface area contributed by atoms with Gasteiger partial charge in [-0.1, -0.05) is 54.6 Å². The fourth-order valence-corrected chi connectivity index (χ4v) is 4.45. The molecule has 1 saturated heterocycles. The van der Waals surface area contributed by atoms with Gasteiger partial charge in [0.05, 0.1) is 0 Å². The van der Waals surface area contributed by atoms with Crippen LogP contribution in [0.5, 0.6) is 0 Å². The van der Waals surface area contributed by atoms with Gasteiger partial charge < -0.3 is 5.32 Å². The van der Waals surface area contributed by atoms with Crippen molar-refractivity contribution in [2.24, 2.45) is 0 Å². The van der Waals surface area contributed by atoms with Crippen molar-refractivity contribution < 1.29 is 4.79 Å². The first-order valence-electron chi connectivity index (χ1n) is 12.1. The molecule has 1 amide bonds. The highest BCUT2D eigenvalue weighted by molar-refractivity contribution is 6.04. The van der Waals surface area contributed by atoms with Crippen LogP contribution in [0.3, 0.4) is 0 Å². The smallest absolute Gasteiger partial charge is 0.255 e. The first-order valence-corrected chi connectivity index (χ1v) is 12.1. The first kappa shape index (κ1) is 23.0. The van der Waals surface area contributed by atoms with E-state index in [-0.39, 0.29) is 5.91 Å². The van der Waals surface area contributed by atoms with Crippen LogP contribution in [0.2, 0.25) is 0 Å². The topological polar surface area (TPSA) is 48.5 Å². The Kier molecular flexibility index (Phi) is 7.27. The molecule has 5 rings (SSSR count). The molecular formula is C30H30N4O. The molecule has 176 valence electrons. The molecule has 0 radical (unpaired) electrons. The zero-order valence-electron chi connectivity index (χ0n) is 19.8. The summed E-state index contributed by atoms with van der Waals surface area (Å²) in [5.74, 6) is -0.0982. The maximum absolute atomic E-state index is 12.5. The third-order valence-electron chi connectivity index (χ3n) is 6.49. The molecule has 1 aromatic heterocycles. The van der Waals surface area contributed by atoms with E-state index in [9.17, 15) is 4.79 Å². The molecule has 0 unspecified atom stereocenters. The van der Waals surface area contributed by atoms with Gasteiger partial charge in [-0.15, -0.1) is 0 Å². The Morgan fingerprint density at radius 1 is 0.657 bits per heavy atom. The molecule has 0 bridgehead atoms. The lowest BCUT2D eigenvalue weighted by Crippen LogP contribution is -2.45. The third-order valence-corrected chi connectivity index (χ3v) is 6.49. The minimum atomic E-state index is -0.0982. The van der Waals surface area contributed by atoms with E-state index in [0.717, 1.165) is 56.1 Å². The number of rotatable bonds is 7. The van der Waals surface area contributed by atoms with E-state index >= 15 is 0 Å². The second-order valence-electron chi connectivity index (χ2n) is 9.00. The monoisotopic (exact) mass is 462 g/mol. The largest absolute Gasteiger partial charge is 0.322 e. The minimum Gasteiger partial charge on any atom is -0.322 e. The Hall–Kier alpha value is -3.80. The molecule has 0 atom stereocenters. The van der Waals surface area contributed by atoms with Crippen molar-refractivity contribution in [2.45, 2.75) is 13.1 Å². The van der Waals surface area contributed by atoms with Crippen molar-refractivity contribution in [3.63, 3.8) is 0 Å². The average molecular weight is 463 g/mol. The number of hydrogen-bond donors (Lipinski definition) is 1. The maximum atomic E-state index is 12.5. The summed E-state index contributed by atoms with van der Waals surface area (Å²) in [6, 6.07) is 30.3. The predicted octanol–water partition coefficient (Wildman–Crippen LogP) is 5.32. The van der Waals surface area contributed by atoms with Crippen molar-refractivity contribution in [3.05, 3.63) is 120 Å². The number of carbonyl (C=O) groups excluding carboxylic acids is 1. The van der Waals surface area contributed by atoms with Gasteiger partial charge in [0, 0.05) is 62.9 Å². The number of pyridine rings is 1. The Morgan fingerprint density at radius 2 is 1.17 bits per heavy atom. The standard InChI is InChI=1S/C30H30N4O/c35-30(32-29-4-2-1-3-5-29)28-12-10-27(11-13-28)26-8-6-24(7-9-26)22-33-18-20-34(21-19-33)23-25-14-16-31-17-15-25/h1-17H,18-23H2,(H,32,35). The highest BCUT2D eigenvalue weighted by atomic mass is 16.1. The normalized spacial score (nSPS) is 14.5. The van der Waals surface area contributed by atoms with Gasteiger partial charge in [0.15, 0.2) is 0 Å². The van der Waals surface area contributed by atoms with Crippen LogP contribution in [0.4, 0.5) is 5.69 Å². The summed E-state index contributed by atoms with van der Waals surface area (Å²) < 4.78 is 0. The van der Waals surface area contributed by atoms with Gasteiger partial charge >= 0.3 is 0 Å². The summed E-state index contributed by atoms with van der Waals surface area (Å²) >= 11 is 0. The molecule has 1 aliphatic heterocycles. The lowest BCUT2D eigenvalue weighted by Gasteiger charge is -2.34. The van der Waals surface area contributed by atoms with Gasteiger partial charge in [-0.3, -0.25) is 19.6 Å². The van der Waals surface area contributed by atoms with E-state index in [2.05, 4.69) is 56.5 Å². The van der Waals surface area contributed by atoms with Crippen LogP contribution in [0, 0.1) is 0 Å². The van der Waals surface area contributed by atoms with E-state index in [1.54, 1.807) is 0 Å². The van der Waals surface area contributed by atoms with Crippen LogP contribution in [0.1, 0.15) is 21.5 Å². The second kappa shape index (κ2) is 11.1. The van der Waals surface area contributed by atoms with Crippen molar-refractivity contribution >= 4 is 11.6 Å². The molecule has 1 N–H and O–H groups in total. The van der Waals surface area contributed by atoms with E-state index in [1.807, 2.05) is 67.0 Å². The number of para-hydroxylation sites is 1. The summed E-state index contributed by atoms with van der Waals surface area (Å²) in [7, 11) is 0. The van der Waals surface area contributed by atoms with Crippen LogP contribution in [0.25, 0.3) is 11.1 Å². The average Bonchev–Trinajstić information content (AvgIpc) is 2.91. The quantitative estimate of drug-likeness (QED) is 0.404. The van der Waals surface area contributed by atoms with Crippen molar-refractivity contribution in [1.29, 1.82) is 0 Å². The van der Waals surface area contributed by atoms with E-state index < -0.39 is 0 Å². The summed E-state index contributed by atoms with van der Waals surface area (Å²) in [5.41, 5.74) is 6.37. The Balaban J connectivity index is 1.13. The molecule has 0 aliphatic carbocycles. The molecule has 1 aliphatic rings. The number of benzene rings is 3. The summed E-state index contributed by atoms with van der Waals surface area (Å²) in [6.45, 7) is 6.31. The van der Waals surface area contributed by atoms with Crippen molar-refractivity contribution in [3.8, 4) is 11.1 Å². The van der Waals surface area contributed by atoms with Gasteiger partial charge in [-0.25, -0.2) is 0 Å². The fourth-order valence-electron chi connectivity index (χ4n) is 4.45. The Morgan fingerprint density at radius 3 is 1.74 bits per heavy atom. The van der Waals surface area contributed by atoms with Crippen molar-refractivity contribution in [1.82, 2.24) is 14.8 Å². The fraction of sp³-hybridized carbons (Fsp3) is 0.200. The number of hydrogen-bond acceptors (Lipinski definition) is 4. The lowest BCUT2D eigenvalue weighted by molar-refractivity contribution is 0.102. The number of piperazine rings is 1. The van der Waals surface area contributed by atoms with Gasteiger partial charge in [0.2, 0.25) is 0 Å².